The summed E-state index contributed by atoms with van der Waals surface area (Å²) in [6, 6.07) is 18.9. The van der Waals surface area contributed by atoms with Gasteiger partial charge >= 0.3 is 6.09 Å². The number of fused-ring (bicyclic) bond motifs is 1. The number of benzene rings is 2. The van der Waals surface area contributed by atoms with Gasteiger partial charge in [-0.15, -0.1) is 0 Å². The number of rotatable bonds is 8. The van der Waals surface area contributed by atoms with Crippen molar-refractivity contribution in [3.8, 4) is 11.5 Å². The van der Waals surface area contributed by atoms with Crippen LogP contribution in [0.1, 0.15) is 56.6 Å². The molecule has 45 heavy (non-hydrogen) atoms. The van der Waals surface area contributed by atoms with Gasteiger partial charge in [-0.1, -0.05) is 25.4 Å². The summed E-state index contributed by atoms with van der Waals surface area (Å²) in [5.41, 5.74) is 2.19. The number of anilines is 4. The van der Waals surface area contributed by atoms with E-state index in [4.69, 9.17) is 21.1 Å². The van der Waals surface area contributed by atoms with Gasteiger partial charge in [0, 0.05) is 23.1 Å². The van der Waals surface area contributed by atoms with Gasteiger partial charge in [-0.2, -0.15) is 0 Å². The van der Waals surface area contributed by atoms with Crippen LogP contribution in [-0.2, 0) is 4.74 Å². The number of carbonyl (C=O) groups is 2. The molecular weight excluding hydrogens is 594 g/mol. The number of carbonyl (C=O) groups excluding carboxylic acids is 2. The van der Waals surface area contributed by atoms with E-state index in [0.29, 0.717) is 56.1 Å². The number of nitrogens with zero attached hydrogens (tertiary/aromatic N) is 4. The molecule has 5 aromatic rings. The van der Waals surface area contributed by atoms with Crippen molar-refractivity contribution in [3.05, 3.63) is 95.5 Å². The van der Waals surface area contributed by atoms with Crippen LogP contribution < -0.4 is 20.7 Å². The largest absolute Gasteiger partial charge is 0.455 e. The number of hydrogen-bond donors (Lipinski definition) is 3. The molecule has 2 amide bonds. The average Bonchev–Trinajstić information content (AvgIpc) is 2.99. The number of aromatic nitrogens is 4. The smallest absolute Gasteiger partial charge is 0.412 e. The lowest BCUT2D eigenvalue weighted by molar-refractivity contribution is 0.0635. The van der Waals surface area contributed by atoms with Gasteiger partial charge in [0.05, 0.1) is 16.1 Å². The fraction of sp³-hybridized carbons (Fsp3) is 0.212. The molecular formula is C33H32ClN7O4. The van der Waals surface area contributed by atoms with E-state index < -0.39 is 11.7 Å². The summed E-state index contributed by atoms with van der Waals surface area (Å²) in [6.45, 7) is 9.51. The highest BCUT2D eigenvalue weighted by molar-refractivity contribution is 6.30. The second-order valence-corrected chi connectivity index (χ2v) is 11.8. The van der Waals surface area contributed by atoms with Crippen LogP contribution >= 0.6 is 11.6 Å². The molecule has 0 spiro atoms. The molecule has 11 nitrogen and oxygen atoms in total. The van der Waals surface area contributed by atoms with Gasteiger partial charge in [-0.3, -0.25) is 10.1 Å². The normalized spacial score (nSPS) is 11.3. The van der Waals surface area contributed by atoms with Crippen molar-refractivity contribution in [1.29, 1.82) is 0 Å². The lowest BCUT2D eigenvalue weighted by Crippen LogP contribution is -2.27. The average molecular weight is 626 g/mol. The molecule has 0 saturated heterocycles. The van der Waals surface area contributed by atoms with Crippen molar-refractivity contribution < 1.29 is 19.1 Å². The van der Waals surface area contributed by atoms with E-state index in [9.17, 15) is 9.59 Å². The maximum absolute atomic E-state index is 13.2. The zero-order valence-corrected chi connectivity index (χ0v) is 26.1. The molecule has 0 fully saturated rings. The summed E-state index contributed by atoms with van der Waals surface area (Å²) in [5, 5.41) is 9.94. The lowest BCUT2D eigenvalue weighted by atomic mass is 10.1. The van der Waals surface area contributed by atoms with Crippen LogP contribution in [0.4, 0.5) is 27.8 Å². The number of ether oxygens (including phenoxy) is 2. The minimum absolute atomic E-state index is 0.233. The Morgan fingerprint density at radius 3 is 2.36 bits per heavy atom. The number of halogens is 1. The van der Waals surface area contributed by atoms with Gasteiger partial charge in [-0.05, 0) is 93.4 Å². The Morgan fingerprint density at radius 2 is 1.67 bits per heavy atom. The second kappa shape index (κ2) is 13.1. The first-order valence-corrected chi connectivity index (χ1v) is 14.5. The molecule has 0 bridgehead atoms. The summed E-state index contributed by atoms with van der Waals surface area (Å²) in [5.74, 6) is 1.60. The zero-order chi connectivity index (χ0) is 32.1. The minimum Gasteiger partial charge on any atom is -0.455 e. The number of pyridine rings is 2. The Morgan fingerprint density at radius 1 is 0.889 bits per heavy atom. The molecule has 0 aliphatic rings. The Kier molecular flexibility index (Phi) is 9.10. The van der Waals surface area contributed by atoms with Gasteiger partial charge in [-0.25, -0.2) is 24.7 Å². The summed E-state index contributed by atoms with van der Waals surface area (Å²) < 4.78 is 11.5. The van der Waals surface area contributed by atoms with E-state index in [-0.39, 0.29) is 11.8 Å². The van der Waals surface area contributed by atoms with E-state index in [2.05, 4.69) is 49.7 Å². The van der Waals surface area contributed by atoms with Crippen molar-refractivity contribution >= 4 is 57.6 Å². The molecule has 3 heterocycles. The van der Waals surface area contributed by atoms with E-state index in [1.165, 1.54) is 12.5 Å². The summed E-state index contributed by atoms with van der Waals surface area (Å²) in [7, 11) is 0. The molecule has 0 saturated carbocycles. The Hall–Kier alpha value is -5.29. The highest BCUT2D eigenvalue weighted by Gasteiger charge is 2.17. The van der Waals surface area contributed by atoms with Crippen molar-refractivity contribution in [2.75, 3.05) is 16.0 Å². The van der Waals surface area contributed by atoms with Gasteiger partial charge in [0.1, 0.15) is 29.3 Å². The monoisotopic (exact) mass is 625 g/mol. The minimum atomic E-state index is -0.618. The third-order valence-electron chi connectivity index (χ3n) is 6.30. The molecule has 0 unspecified atom stereocenters. The summed E-state index contributed by atoms with van der Waals surface area (Å²) in [6.07, 6.45) is 2.33. The number of hydrogen-bond acceptors (Lipinski definition) is 9. The Labute approximate surface area is 265 Å². The molecule has 0 atom stereocenters. The highest BCUT2D eigenvalue weighted by atomic mass is 35.5. The predicted molar refractivity (Wildman–Crippen MR) is 175 cm³/mol. The Balaban J connectivity index is 1.44. The first kappa shape index (κ1) is 31.1. The number of amides is 2. The van der Waals surface area contributed by atoms with Crippen molar-refractivity contribution in [2.45, 2.75) is 46.1 Å². The zero-order valence-electron chi connectivity index (χ0n) is 25.4. The van der Waals surface area contributed by atoms with Gasteiger partial charge in [0.25, 0.3) is 5.91 Å². The molecule has 2 aromatic carbocycles. The molecule has 230 valence electrons. The second-order valence-electron chi connectivity index (χ2n) is 11.4. The van der Waals surface area contributed by atoms with Crippen LogP contribution in [0.15, 0.2) is 79.3 Å². The Bertz CT molecular complexity index is 1840. The molecule has 12 heteroatoms. The van der Waals surface area contributed by atoms with Crippen molar-refractivity contribution in [3.63, 3.8) is 0 Å². The third-order valence-corrected chi connectivity index (χ3v) is 6.52. The van der Waals surface area contributed by atoms with E-state index >= 15 is 0 Å². The fourth-order valence-electron chi connectivity index (χ4n) is 4.16. The first-order valence-electron chi connectivity index (χ1n) is 14.2. The number of nitrogens with one attached hydrogen (secondary N) is 3. The molecule has 3 N–H and O–H groups in total. The van der Waals surface area contributed by atoms with Gasteiger partial charge < -0.3 is 20.1 Å². The SMILES string of the molecule is CC(C)c1ccc2c(Nc3cc(C(=O)Nc4ccc(Cl)cn4)ccc3Oc3ccc(NC(=O)OC(C)(C)C)cc3)ncnc2n1. The van der Waals surface area contributed by atoms with Crippen LogP contribution in [0.3, 0.4) is 0 Å². The van der Waals surface area contributed by atoms with E-state index in [1.54, 1.807) is 75.4 Å². The van der Waals surface area contributed by atoms with Crippen LogP contribution in [0.25, 0.3) is 11.0 Å². The van der Waals surface area contributed by atoms with E-state index in [0.717, 1.165) is 5.69 Å². The molecule has 5 rings (SSSR count). The maximum Gasteiger partial charge on any atom is 0.412 e. The summed E-state index contributed by atoms with van der Waals surface area (Å²) >= 11 is 5.93. The van der Waals surface area contributed by atoms with Gasteiger partial charge in [0.15, 0.2) is 11.4 Å². The van der Waals surface area contributed by atoms with Crippen molar-refractivity contribution in [2.24, 2.45) is 0 Å². The van der Waals surface area contributed by atoms with Crippen molar-refractivity contribution in [1.82, 2.24) is 19.9 Å². The molecule has 3 aromatic heterocycles. The third kappa shape index (κ3) is 8.21. The standard InChI is InChI=1S/C33H32ClN7O4/c1-19(2)25-13-12-24-29(39-25)36-18-37-30(24)40-26-16-20(31(42)41-28-15-7-21(34)17-35-28)6-14-27(26)44-23-10-8-22(9-11-23)38-32(43)45-33(3,4)5/h6-19H,1-5H3,(H,38,43)(H,35,41,42)(H,36,37,39,40). The lowest BCUT2D eigenvalue weighted by Gasteiger charge is -2.19. The molecule has 0 aliphatic carbocycles. The fourth-order valence-corrected chi connectivity index (χ4v) is 4.27. The quantitative estimate of drug-likeness (QED) is 0.155. The van der Waals surface area contributed by atoms with Crippen LogP contribution in [0, 0.1) is 0 Å². The van der Waals surface area contributed by atoms with Crippen LogP contribution in [-0.4, -0.2) is 37.5 Å². The maximum atomic E-state index is 13.2. The predicted octanol–water partition coefficient (Wildman–Crippen LogP) is 8.33. The van der Waals surface area contributed by atoms with Gasteiger partial charge in [0.2, 0.25) is 0 Å². The van der Waals surface area contributed by atoms with Crippen LogP contribution in [0.2, 0.25) is 5.02 Å². The molecule has 0 radical (unpaired) electrons. The molecule has 0 aliphatic heterocycles. The van der Waals surface area contributed by atoms with Crippen LogP contribution in [0.5, 0.6) is 11.5 Å². The first-order chi connectivity index (χ1) is 21.4. The summed E-state index contributed by atoms with van der Waals surface area (Å²) in [4.78, 5) is 42.9. The highest BCUT2D eigenvalue weighted by Crippen LogP contribution is 2.35. The van der Waals surface area contributed by atoms with E-state index in [1.807, 2.05) is 12.1 Å². The topological polar surface area (TPSA) is 140 Å².